The Morgan fingerprint density at radius 2 is 2.15 bits per heavy atom. The van der Waals surface area contributed by atoms with Gasteiger partial charge in [-0.05, 0) is 36.6 Å². The van der Waals surface area contributed by atoms with Gasteiger partial charge in [0, 0.05) is 15.6 Å². The van der Waals surface area contributed by atoms with Gasteiger partial charge in [0.15, 0.2) is 0 Å². The second kappa shape index (κ2) is 3.09. The van der Waals surface area contributed by atoms with Gasteiger partial charge in [0.1, 0.15) is 5.82 Å². The largest absolute Gasteiger partial charge is 0.324 e. The van der Waals surface area contributed by atoms with Gasteiger partial charge in [0.05, 0.1) is 0 Å². The first kappa shape index (κ1) is 8.66. The molecule has 2 N–H and O–H groups in total. The Labute approximate surface area is 80.0 Å². The van der Waals surface area contributed by atoms with E-state index in [2.05, 4.69) is 0 Å². The SMILES string of the molecule is C[C@@H](N)c1cc2cc(F)ccc2s1. The van der Waals surface area contributed by atoms with Crippen LogP contribution in [-0.2, 0) is 0 Å². The van der Waals surface area contributed by atoms with Crippen LogP contribution in [0.5, 0.6) is 0 Å². The third kappa shape index (κ3) is 1.57. The second-order valence-corrected chi connectivity index (χ2v) is 4.23. The summed E-state index contributed by atoms with van der Waals surface area (Å²) in [5, 5.41) is 0.942. The van der Waals surface area contributed by atoms with Crippen LogP contribution in [0.2, 0.25) is 0 Å². The van der Waals surface area contributed by atoms with E-state index in [1.807, 2.05) is 13.0 Å². The molecule has 0 saturated carbocycles. The van der Waals surface area contributed by atoms with E-state index >= 15 is 0 Å². The summed E-state index contributed by atoms with van der Waals surface area (Å²) in [4.78, 5) is 1.10. The Bertz CT molecular complexity index is 433. The molecule has 0 spiro atoms. The van der Waals surface area contributed by atoms with Crippen molar-refractivity contribution in [3.63, 3.8) is 0 Å². The number of fused-ring (bicyclic) bond motifs is 1. The van der Waals surface area contributed by atoms with Crippen LogP contribution >= 0.6 is 11.3 Å². The van der Waals surface area contributed by atoms with Crippen LogP contribution in [0, 0.1) is 5.82 Å². The van der Waals surface area contributed by atoms with Gasteiger partial charge in [0.2, 0.25) is 0 Å². The predicted molar refractivity (Wildman–Crippen MR) is 54.4 cm³/mol. The number of thiophene rings is 1. The highest BCUT2D eigenvalue weighted by atomic mass is 32.1. The Morgan fingerprint density at radius 1 is 1.38 bits per heavy atom. The zero-order valence-corrected chi connectivity index (χ0v) is 8.07. The fourth-order valence-electron chi connectivity index (χ4n) is 1.26. The molecule has 1 heterocycles. The van der Waals surface area contributed by atoms with Gasteiger partial charge in [0.25, 0.3) is 0 Å². The molecule has 0 fully saturated rings. The molecule has 68 valence electrons. The average molecular weight is 195 g/mol. The molecule has 1 nitrogen and oxygen atoms in total. The molecule has 3 heteroatoms. The van der Waals surface area contributed by atoms with Crippen molar-refractivity contribution >= 4 is 21.4 Å². The highest BCUT2D eigenvalue weighted by Crippen LogP contribution is 2.29. The highest BCUT2D eigenvalue weighted by Gasteiger charge is 2.05. The zero-order chi connectivity index (χ0) is 9.42. The number of rotatable bonds is 1. The summed E-state index contributed by atoms with van der Waals surface area (Å²) in [5.74, 6) is -0.193. The minimum Gasteiger partial charge on any atom is -0.324 e. The quantitative estimate of drug-likeness (QED) is 0.743. The van der Waals surface area contributed by atoms with E-state index in [1.54, 1.807) is 17.4 Å². The molecular formula is C10H10FNS. The van der Waals surface area contributed by atoms with Crippen molar-refractivity contribution in [1.82, 2.24) is 0 Å². The van der Waals surface area contributed by atoms with E-state index in [4.69, 9.17) is 5.73 Å². The van der Waals surface area contributed by atoms with E-state index in [1.165, 1.54) is 12.1 Å². The molecule has 0 amide bonds. The van der Waals surface area contributed by atoms with E-state index in [-0.39, 0.29) is 11.9 Å². The summed E-state index contributed by atoms with van der Waals surface area (Å²) >= 11 is 1.62. The van der Waals surface area contributed by atoms with Gasteiger partial charge < -0.3 is 5.73 Å². The standard InChI is InChI=1S/C10H10FNS/c1-6(12)10-5-7-4-8(11)2-3-9(7)13-10/h2-6H,12H2,1H3/t6-/m1/s1. The number of halogens is 1. The minimum absolute atomic E-state index is 0.0282. The van der Waals surface area contributed by atoms with Crippen molar-refractivity contribution in [2.75, 3.05) is 0 Å². The first-order valence-electron chi connectivity index (χ1n) is 4.11. The van der Waals surface area contributed by atoms with Crippen LogP contribution in [-0.4, -0.2) is 0 Å². The van der Waals surface area contributed by atoms with Gasteiger partial charge in [-0.3, -0.25) is 0 Å². The third-order valence-electron chi connectivity index (χ3n) is 1.95. The maximum Gasteiger partial charge on any atom is 0.123 e. The Morgan fingerprint density at radius 3 is 2.85 bits per heavy atom. The van der Waals surface area contributed by atoms with Crippen molar-refractivity contribution in [3.8, 4) is 0 Å². The fraction of sp³-hybridized carbons (Fsp3) is 0.200. The number of nitrogens with two attached hydrogens (primary N) is 1. The highest BCUT2D eigenvalue weighted by molar-refractivity contribution is 7.19. The fourth-order valence-corrected chi connectivity index (χ4v) is 2.26. The first-order chi connectivity index (χ1) is 6.16. The summed E-state index contributed by atoms with van der Waals surface area (Å²) in [6.07, 6.45) is 0. The zero-order valence-electron chi connectivity index (χ0n) is 7.25. The van der Waals surface area contributed by atoms with E-state index < -0.39 is 0 Å². The molecule has 0 aliphatic heterocycles. The Hall–Kier alpha value is -0.930. The molecule has 0 aliphatic rings. The van der Waals surface area contributed by atoms with E-state index in [0.717, 1.165) is 15.0 Å². The molecule has 0 bridgehead atoms. The first-order valence-corrected chi connectivity index (χ1v) is 4.93. The van der Waals surface area contributed by atoms with Crippen molar-refractivity contribution in [2.45, 2.75) is 13.0 Å². The molecule has 1 aromatic carbocycles. The van der Waals surface area contributed by atoms with Crippen LogP contribution in [0.3, 0.4) is 0 Å². The molecule has 1 aromatic heterocycles. The van der Waals surface area contributed by atoms with Crippen LogP contribution < -0.4 is 5.73 Å². The molecular weight excluding hydrogens is 185 g/mol. The van der Waals surface area contributed by atoms with Gasteiger partial charge in [-0.2, -0.15) is 0 Å². The van der Waals surface area contributed by atoms with Crippen molar-refractivity contribution in [1.29, 1.82) is 0 Å². The van der Waals surface area contributed by atoms with E-state index in [0.29, 0.717) is 0 Å². The molecule has 0 unspecified atom stereocenters. The second-order valence-electron chi connectivity index (χ2n) is 3.12. The lowest BCUT2D eigenvalue weighted by molar-refractivity contribution is 0.630. The summed E-state index contributed by atoms with van der Waals surface area (Å²) in [6.45, 7) is 1.93. The van der Waals surface area contributed by atoms with Crippen molar-refractivity contribution < 1.29 is 4.39 Å². The lowest BCUT2D eigenvalue weighted by Crippen LogP contribution is -2.01. The number of benzene rings is 1. The van der Waals surface area contributed by atoms with Gasteiger partial charge in [-0.1, -0.05) is 0 Å². The molecule has 1 atom stereocenters. The van der Waals surface area contributed by atoms with Crippen molar-refractivity contribution in [3.05, 3.63) is 35.0 Å². The van der Waals surface area contributed by atoms with E-state index in [9.17, 15) is 4.39 Å². The molecule has 0 saturated heterocycles. The lowest BCUT2D eigenvalue weighted by Gasteiger charge is -1.96. The van der Waals surface area contributed by atoms with Gasteiger partial charge >= 0.3 is 0 Å². The summed E-state index contributed by atoms with van der Waals surface area (Å²) < 4.78 is 13.9. The van der Waals surface area contributed by atoms with Gasteiger partial charge in [-0.25, -0.2) is 4.39 Å². The molecule has 2 aromatic rings. The Balaban J connectivity index is 2.62. The smallest absolute Gasteiger partial charge is 0.123 e. The van der Waals surface area contributed by atoms with Crippen LogP contribution in [0.4, 0.5) is 4.39 Å². The number of hydrogen-bond donors (Lipinski definition) is 1. The number of hydrogen-bond acceptors (Lipinski definition) is 2. The predicted octanol–water partition coefficient (Wildman–Crippen LogP) is 3.06. The maximum absolute atomic E-state index is 12.8. The Kier molecular flexibility index (Phi) is 2.06. The minimum atomic E-state index is -0.193. The molecule has 13 heavy (non-hydrogen) atoms. The lowest BCUT2D eigenvalue weighted by atomic mass is 10.2. The maximum atomic E-state index is 12.8. The van der Waals surface area contributed by atoms with Crippen molar-refractivity contribution in [2.24, 2.45) is 5.73 Å². The third-order valence-corrected chi connectivity index (χ3v) is 3.26. The van der Waals surface area contributed by atoms with Crippen LogP contribution in [0.1, 0.15) is 17.8 Å². The van der Waals surface area contributed by atoms with Crippen LogP contribution in [0.15, 0.2) is 24.3 Å². The summed E-state index contributed by atoms with van der Waals surface area (Å²) in [6, 6.07) is 6.79. The molecule has 0 aliphatic carbocycles. The monoisotopic (exact) mass is 195 g/mol. The molecule has 2 rings (SSSR count). The van der Waals surface area contributed by atoms with Crippen LogP contribution in [0.25, 0.3) is 10.1 Å². The summed E-state index contributed by atoms with van der Waals surface area (Å²) in [5.41, 5.74) is 5.73. The topological polar surface area (TPSA) is 26.0 Å². The van der Waals surface area contributed by atoms with Gasteiger partial charge in [-0.15, -0.1) is 11.3 Å². The average Bonchev–Trinajstić information content (AvgIpc) is 2.46. The normalized spacial score (nSPS) is 13.5. The summed E-state index contributed by atoms with van der Waals surface area (Å²) in [7, 11) is 0. The molecule has 0 radical (unpaired) electrons.